The number of nitrogen functional groups attached to an aromatic ring is 1. The van der Waals surface area contributed by atoms with Crippen molar-refractivity contribution in [2.45, 2.75) is 50.3 Å². The van der Waals surface area contributed by atoms with Crippen LogP contribution in [-0.2, 0) is 26.0 Å². The Hall–Kier alpha value is -2.50. The minimum atomic E-state index is -3.89. The van der Waals surface area contributed by atoms with E-state index < -0.39 is 22.2 Å². The highest BCUT2D eigenvalue weighted by atomic mass is 32.2. The normalized spacial score (nSPS) is 18.6. The molecule has 4 N–H and O–H groups in total. The number of nitrogens with two attached hydrogens (primary N) is 1. The Morgan fingerprint density at radius 3 is 2.46 bits per heavy atom. The molecule has 0 unspecified atom stereocenters. The fourth-order valence-electron chi connectivity index (χ4n) is 4.44. The lowest BCUT2D eigenvalue weighted by molar-refractivity contribution is -0.125. The number of carbonyl (C=O) groups excluding carboxylic acids is 1. The van der Waals surface area contributed by atoms with Crippen LogP contribution in [0.5, 0.6) is 0 Å². The molecule has 1 aliphatic heterocycles. The zero-order valence-electron chi connectivity index (χ0n) is 21.9. The second-order valence-electron chi connectivity index (χ2n) is 10.1. The zero-order valence-corrected chi connectivity index (χ0v) is 22.7. The van der Waals surface area contributed by atoms with Gasteiger partial charge in [-0.2, -0.15) is 4.31 Å². The molecule has 1 aliphatic rings. The molecule has 3 rings (SSSR count). The van der Waals surface area contributed by atoms with E-state index in [1.807, 2.05) is 56.0 Å². The molecule has 9 nitrogen and oxygen atoms in total. The summed E-state index contributed by atoms with van der Waals surface area (Å²) in [5, 5.41) is 14.3. The molecule has 204 valence electrons. The number of sulfonamides is 1. The van der Waals surface area contributed by atoms with E-state index in [0.717, 1.165) is 5.56 Å². The van der Waals surface area contributed by atoms with E-state index in [4.69, 9.17) is 10.5 Å². The number of hydrogen-bond acceptors (Lipinski definition) is 7. The third kappa shape index (κ3) is 8.79. The van der Waals surface area contributed by atoms with Crippen molar-refractivity contribution in [3.8, 4) is 0 Å². The highest BCUT2D eigenvalue weighted by molar-refractivity contribution is 7.89. The lowest BCUT2D eigenvalue weighted by atomic mass is 10.0. The van der Waals surface area contributed by atoms with Gasteiger partial charge in [0.1, 0.15) is 0 Å². The quantitative estimate of drug-likeness (QED) is 0.356. The number of amides is 1. The number of morpholine rings is 1. The van der Waals surface area contributed by atoms with Crippen molar-refractivity contribution >= 4 is 21.6 Å². The van der Waals surface area contributed by atoms with Crippen LogP contribution in [0.15, 0.2) is 59.5 Å². The summed E-state index contributed by atoms with van der Waals surface area (Å²) in [7, 11) is -3.89. The number of hydrogen-bond donors (Lipinski definition) is 3. The molecule has 0 aromatic heterocycles. The highest BCUT2D eigenvalue weighted by Crippen LogP contribution is 2.20. The van der Waals surface area contributed by atoms with Crippen molar-refractivity contribution in [3.05, 3.63) is 60.2 Å². The van der Waals surface area contributed by atoms with E-state index in [1.54, 1.807) is 12.1 Å². The predicted octanol–water partition coefficient (Wildman–Crippen LogP) is 1.72. The largest absolute Gasteiger partial charge is 0.399 e. The molecule has 1 heterocycles. The molecule has 1 saturated heterocycles. The zero-order chi connectivity index (χ0) is 27.0. The molecule has 1 fully saturated rings. The van der Waals surface area contributed by atoms with E-state index in [0.29, 0.717) is 31.8 Å². The Labute approximate surface area is 220 Å². The van der Waals surface area contributed by atoms with E-state index in [1.165, 1.54) is 16.4 Å². The fourth-order valence-corrected chi connectivity index (χ4v) is 6.07. The first kappa shape index (κ1) is 29.1. The molecule has 3 atom stereocenters. The van der Waals surface area contributed by atoms with Gasteiger partial charge in [-0.3, -0.25) is 9.69 Å². The molecule has 0 aliphatic carbocycles. The fraction of sp³-hybridized carbons (Fsp3) is 0.519. The molecule has 1 amide bonds. The minimum Gasteiger partial charge on any atom is -0.399 e. The summed E-state index contributed by atoms with van der Waals surface area (Å²) in [5.74, 6) is -0.188. The van der Waals surface area contributed by atoms with Crippen LogP contribution >= 0.6 is 0 Å². The molecular formula is C27H40N4O5S. The average Bonchev–Trinajstić information content (AvgIpc) is 2.84. The van der Waals surface area contributed by atoms with Gasteiger partial charge >= 0.3 is 0 Å². The number of nitrogens with zero attached hydrogens (tertiary/aromatic N) is 2. The maximum Gasteiger partial charge on any atom is 0.243 e. The van der Waals surface area contributed by atoms with Gasteiger partial charge in [0, 0.05) is 31.9 Å². The van der Waals surface area contributed by atoms with Crippen molar-refractivity contribution in [3.63, 3.8) is 0 Å². The first-order valence-corrected chi connectivity index (χ1v) is 14.2. The Balaban J connectivity index is 1.79. The second-order valence-corrected chi connectivity index (χ2v) is 12.1. The van der Waals surface area contributed by atoms with Crippen LogP contribution < -0.4 is 11.1 Å². The Morgan fingerprint density at radius 2 is 1.84 bits per heavy atom. The number of benzene rings is 2. The van der Waals surface area contributed by atoms with Gasteiger partial charge in [0.2, 0.25) is 15.9 Å². The third-order valence-corrected chi connectivity index (χ3v) is 8.12. The number of rotatable bonds is 12. The molecule has 10 heteroatoms. The lowest BCUT2D eigenvalue weighted by Gasteiger charge is -2.33. The summed E-state index contributed by atoms with van der Waals surface area (Å²) < 4.78 is 33.8. The molecular weight excluding hydrogens is 492 g/mol. The maximum atomic E-state index is 13.5. The van der Waals surface area contributed by atoms with Gasteiger partial charge in [-0.25, -0.2) is 8.42 Å². The van der Waals surface area contributed by atoms with Gasteiger partial charge in [0.15, 0.2) is 0 Å². The molecule has 2 aromatic carbocycles. The molecule has 2 aromatic rings. The van der Waals surface area contributed by atoms with Crippen molar-refractivity contribution < 1.29 is 23.1 Å². The Bertz CT molecular complexity index is 1100. The molecule has 0 bridgehead atoms. The standard InChI is InChI=1S/C27H40N4O5S/c1-20(2)16-31(37(34,35)24-11-9-23(28)10-12-24)18-26(32)25(15-22-7-5-4-6-8-22)29-27(33)19-30-13-14-36-21(3)17-30/h4-12,20-21,25-26,32H,13-19,28H2,1-3H3,(H,29,33)/t21-,25+,26-/m1/s1. The summed E-state index contributed by atoms with van der Waals surface area (Å²) in [6.45, 7) is 7.94. The van der Waals surface area contributed by atoms with E-state index in [9.17, 15) is 18.3 Å². The van der Waals surface area contributed by atoms with Crippen molar-refractivity contribution in [2.24, 2.45) is 5.92 Å². The van der Waals surface area contributed by atoms with Gasteiger partial charge in [-0.1, -0.05) is 44.2 Å². The first-order chi connectivity index (χ1) is 17.5. The number of carbonyl (C=O) groups is 1. The predicted molar refractivity (Wildman–Crippen MR) is 144 cm³/mol. The molecule has 0 radical (unpaired) electrons. The average molecular weight is 533 g/mol. The van der Waals surface area contributed by atoms with Gasteiger partial charge < -0.3 is 20.9 Å². The topological polar surface area (TPSA) is 125 Å². The van der Waals surface area contributed by atoms with Crippen LogP contribution in [0.1, 0.15) is 26.3 Å². The number of aliphatic hydroxyl groups is 1. The molecule has 37 heavy (non-hydrogen) atoms. The monoisotopic (exact) mass is 532 g/mol. The van der Waals surface area contributed by atoms with Gasteiger partial charge in [0.25, 0.3) is 0 Å². The van der Waals surface area contributed by atoms with Crippen LogP contribution in [0, 0.1) is 5.92 Å². The van der Waals surface area contributed by atoms with Crippen LogP contribution in [0.4, 0.5) is 5.69 Å². The van der Waals surface area contributed by atoms with E-state index in [-0.39, 0.29) is 42.5 Å². The summed E-state index contributed by atoms with van der Waals surface area (Å²) >= 11 is 0. The molecule has 0 spiro atoms. The Kier molecular flexibility index (Phi) is 10.5. The van der Waals surface area contributed by atoms with E-state index >= 15 is 0 Å². The minimum absolute atomic E-state index is 0.0289. The van der Waals surface area contributed by atoms with Crippen LogP contribution in [0.25, 0.3) is 0 Å². The number of aliphatic hydroxyl groups excluding tert-OH is 1. The summed E-state index contributed by atoms with van der Waals surface area (Å²) in [6, 6.07) is 14.9. The number of anilines is 1. The van der Waals surface area contributed by atoms with E-state index in [2.05, 4.69) is 5.32 Å². The Morgan fingerprint density at radius 1 is 1.16 bits per heavy atom. The number of nitrogens with one attached hydrogen (secondary N) is 1. The first-order valence-electron chi connectivity index (χ1n) is 12.8. The van der Waals surface area contributed by atoms with Crippen LogP contribution in [0.2, 0.25) is 0 Å². The highest BCUT2D eigenvalue weighted by Gasteiger charge is 2.31. The summed E-state index contributed by atoms with van der Waals surface area (Å²) in [4.78, 5) is 15.1. The number of ether oxygens (including phenoxy) is 1. The second kappa shape index (κ2) is 13.3. The van der Waals surface area contributed by atoms with Gasteiger partial charge in [-0.15, -0.1) is 0 Å². The summed E-state index contributed by atoms with van der Waals surface area (Å²) in [5.41, 5.74) is 7.14. The third-order valence-electron chi connectivity index (χ3n) is 6.28. The van der Waals surface area contributed by atoms with Crippen LogP contribution in [0.3, 0.4) is 0 Å². The van der Waals surface area contributed by atoms with Crippen molar-refractivity contribution in [1.29, 1.82) is 0 Å². The summed E-state index contributed by atoms with van der Waals surface area (Å²) in [6.07, 6.45) is -0.713. The van der Waals surface area contributed by atoms with Gasteiger partial charge in [0.05, 0.1) is 36.3 Å². The van der Waals surface area contributed by atoms with Crippen LogP contribution in [-0.4, -0.2) is 86.2 Å². The van der Waals surface area contributed by atoms with Crippen molar-refractivity contribution in [1.82, 2.24) is 14.5 Å². The van der Waals surface area contributed by atoms with Crippen molar-refractivity contribution in [2.75, 3.05) is 45.1 Å². The maximum absolute atomic E-state index is 13.5. The SMILES string of the molecule is CC(C)CN(C[C@@H](O)[C@H](Cc1ccccc1)NC(=O)CN1CCO[C@H](C)C1)S(=O)(=O)c1ccc(N)cc1. The lowest BCUT2D eigenvalue weighted by Crippen LogP contribution is -2.53. The molecule has 0 saturated carbocycles. The van der Waals surface area contributed by atoms with Gasteiger partial charge in [-0.05, 0) is 49.1 Å². The smallest absolute Gasteiger partial charge is 0.243 e.